The fourth-order valence-electron chi connectivity index (χ4n) is 3.15. The minimum Gasteiger partial charge on any atom is -0.493 e. The molecule has 0 heterocycles. The topological polar surface area (TPSA) is 73.3 Å². The SMILES string of the molecule is CCOc1ccc(CNC(=NC)NCCCc2ccc(OC)c(OCC)c2)cc1OC. The number of methoxy groups -OCH3 is 2. The minimum absolute atomic E-state index is 0.605. The summed E-state index contributed by atoms with van der Waals surface area (Å²) < 4.78 is 22.0. The number of nitrogens with one attached hydrogen (secondary N) is 2. The van der Waals surface area contributed by atoms with Crippen LogP contribution in [0.4, 0.5) is 0 Å². The highest BCUT2D eigenvalue weighted by atomic mass is 16.5. The van der Waals surface area contributed by atoms with E-state index in [1.54, 1.807) is 21.3 Å². The molecule has 2 rings (SSSR count). The highest BCUT2D eigenvalue weighted by Gasteiger charge is 2.07. The van der Waals surface area contributed by atoms with Crippen molar-refractivity contribution in [2.24, 2.45) is 4.99 Å². The molecule has 0 unspecified atom stereocenters. The summed E-state index contributed by atoms with van der Waals surface area (Å²) in [6.07, 6.45) is 1.90. The minimum atomic E-state index is 0.605. The van der Waals surface area contributed by atoms with Crippen molar-refractivity contribution in [3.05, 3.63) is 47.5 Å². The van der Waals surface area contributed by atoms with Gasteiger partial charge >= 0.3 is 0 Å². The Morgan fingerprint density at radius 2 is 1.45 bits per heavy atom. The number of aliphatic imine (C=N–C) groups is 1. The Kier molecular flexibility index (Phi) is 10.3. The zero-order valence-corrected chi connectivity index (χ0v) is 19.3. The van der Waals surface area contributed by atoms with Crippen LogP contribution < -0.4 is 29.6 Å². The maximum absolute atomic E-state index is 5.66. The summed E-state index contributed by atoms with van der Waals surface area (Å²) in [6.45, 7) is 6.59. The van der Waals surface area contributed by atoms with Gasteiger partial charge in [-0.3, -0.25) is 4.99 Å². The van der Waals surface area contributed by atoms with Crippen LogP contribution >= 0.6 is 0 Å². The Bertz CT molecular complexity index is 840. The van der Waals surface area contributed by atoms with Gasteiger partial charge in [-0.1, -0.05) is 12.1 Å². The fraction of sp³-hybridized carbons (Fsp3) is 0.458. The maximum atomic E-state index is 5.66. The molecule has 2 aromatic carbocycles. The first kappa shape index (κ1) is 24.2. The second-order valence-corrected chi connectivity index (χ2v) is 6.79. The van der Waals surface area contributed by atoms with Gasteiger partial charge in [0.25, 0.3) is 0 Å². The Labute approximate surface area is 185 Å². The number of rotatable bonds is 12. The van der Waals surface area contributed by atoms with Crippen molar-refractivity contribution in [1.82, 2.24) is 10.6 Å². The van der Waals surface area contributed by atoms with Crippen LogP contribution in [-0.2, 0) is 13.0 Å². The molecule has 0 atom stereocenters. The molecule has 2 N–H and O–H groups in total. The summed E-state index contributed by atoms with van der Waals surface area (Å²) in [4.78, 5) is 4.30. The lowest BCUT2D eigenvalue weighted by molar-refractivity contribution is 0.310. The van der Waals surface area contributed by atoms with Crippen molar-refractivity contribution >= 4 is 5.96 Å². The molecule has 7 heteroatoms. The molecule has 0 saturated carbocycles. The molecule has 2 aromatic rings. The van der Waals surface area contributed by atoms with Gasteiger partial charge in [0, 0.05) is 20.1 Å². The van der Waals surface area contributed by atoms with Gasteiger partial charge in [0.1, 0.15) is 0 Å². The van der Waals surface area contributed by atoms with Gasteiger partial charge in [0.2, 0.25) is 0 Å². The number of aryl methyl sites for hydroxylation is 1. The van der Waals surface area contributed by atoms with E-state index < -0.39 is 0 Å². The first-order chi connectivity index (χ1) is 15.1. The smallest absolute Gasteiger partial charge is 0.191 e. The van der Waals surface area contributed by atoms with Crippen LogP contribution in [0.15, 0.2) is 41.4 Å². The van der Waals surface area contributed by atoms with Gasteiger partial charge in [-0.25, -0.2) is 0 Å². The third kappa shape index (κ3) is 7.59. The first-order valence-corrected chi connectivity index (χ1v) is 10.7. The van der Waals surface area contributed by atoms with E-state index in [0.717, 1.165) is 53.9 Å². The van der Waals surface area contributed by atoms with E-state index in [1.165, 1.54) is 5.56 Å². The quantitative estimate of drug-likeness (QED) is 0.304. The fourth-order valence-corrected chi connectivity index (χ4v) is 3.15. The van der Waals surface area contributed by atoms with E-state index in [4.69, 9.17) is 18.9 Å². The first-order valence-electron chi connectivity index (χ1n) is 10.7. The van der Waals surface area contributed by atoms with Gasteiger partial charge in [0.15, 0.2) is 29.0 Å². The highest BCUT2D eigenvalue weighted by Crippen LogP contribution is 2.29. The van der Waals surface area contributed by atoms with E-state index in [9.17, 15) is 0 Å². The summed E-state index contributed by atoms with van der Waals surface area (Å²) in [5, 5.41) is 6.69. The molecule has 7 nitrogen and oxygen atoms in total. The van der Waals surface area contributed by atoms with E-state index in [1.807, 2.05) is 38.1 Å². The lowest BCUT2D eigenvalue weighted by Crippen LogP contribution is -2.37. The molecule has 0 fully saturated rings. The van der Waals surface area contributed by atoms with Gasteiger partial charge in [-0.15, -0.1) is 0 Å². The van der Waals surface area contributed by atoms with Crippen molar-refractivity contribution in [2.45, 2.75) is 33.2 Å². The number of hydrogen-bond acceptors (Lipinski definition) is 5. The molecule has 0 aliphatic rings. The molecule has 0 aromatic heterocycles. The van der Waals surface area contributed by atoms with Crippen molar-refractivity contribution < 1.29 is 18.9 Å². The lowest BCUT2D eigenvalue weighted by Gasteiger charge is -2.14. The molecule has 170 valence electrons. The Morgan fingerprint density at radius 1 is 0.806 bits per heavy atom. The zero-order valence-electron chi connectivity index (χ0n) is 19.3. The Hall–Kier alpha value is -3.09. The van der Waals surface area contributed by atoms with Crippen molar-refractivity contribution in [1.29, 1.82) is 0 Å². The van der Waals surface area contributed by atoms with Crippen molar-refractivity contribution in [3.63, 3.8) is 0 Å². The molecule has 0 amide bonds. The van der Waals surface area contributed by atoms with E-state index >= 15 is 0 Å². The van der Waals surface area contributed by atoms with Gasteiger partial charge in [-0.05, 0) is 62.1 Å². The summed E-state index contributed by atoms with van der Waals surface area (Å²) in [7, 11) is 5.07. The second-order valence-electron chi connectivity index (χ2n) is 6.79. The van der Waals surface area contributed by atoms with Crippen LogP contribution in [-0.4, -0.2) is 47.0 Å². The van der Waals surface area contributed by atoms with Crippen molar-refractivity contribution in [2.75, 3.05) is 41.0 Å². The summed E-state index contributed by atoms with van der Waals surface area (Å²) in [6, 6.07) is 12.0. The highest BCUT2D eigenvalue weighted by molar-refractivity contribution is 5.79. The van der Waals surface area contributed by atoms with Crippen LogP contribution in [0.1, 0.15) is 31.4 Å². The molecule has 0 aliphatic carbocycles. The van der Waals surface area contributed by atoms with E-state index in [0.29, 0.717) is 19.8 Å². The summed E-state index contributed by atoms with van der Waals surface area (Å²) in [5.41, 5.74) is 2.31. The molecule has 0 spiro atoms. The van der Waals surface area contributed by atoms with Gasteiger partial charge < -0.3 is 29.6 Å². The molecule has 0 radical (unpaired) electrons. The van der Waals surface area contributed by atoms with Crippen LogP contribution in [0.2, 0.25) is 0 Å². The number of guanidine groups is 1. The number of nitrogens with zero attached hydrogens (tertiary/aromatic N) is 1. The van der Waals surface area contributed by atoms with Crippen LogP contribution in [0.25, 0.3) is 0 Å². The Morgan fingerprint density at radius 3 is 2.13 bits per heavy atom. The third-order valence-corrected chi connectivity index (χ3v) is 4.67. The van der Waals surface area contributed by atoms with Crippen LogP contribution in [0, 0.1) is 0 Å². The lowest BCUT2D eigenvalue weighted by atomic mass is 10.1. The summed E-state index contributed by atoms with van der Waals surface area (Å²) in [5.74, 6) is 3.80. The third-order valence-electron chi connectivity index (χ3n) is 4.67. The molecular weight excluding hydrogens is 394 g/mol. The predicted octanol–water partition coefficient (Wildman–Crippen LogP) is 3.80. The van der Waals surface area contributed by atoms with Crippen molar-refractivity contribution in [3.8, 4) is 23.0 Å². The van der Waals surface area contributed by atoms with Crippen LogP contribution in [0.3, 0.4) is 0 Å². The molecule has 0 bridgehead atoms. The summed E-state index contributed by atoms with van der Waals surface area (Å²) >= 11 is 0. The normalized spacial score (nSPS) is 11.1. The largest absolute Gasteiger partial charge is 0.493 e. The second kappa shape index (κ2) is 13.3. The Balaban J connectivity index is 1.81. The predicted molar refractivity (Wildman–Crippen MR) is 125 cm³/mol. The average Bonchev–Trinajstić information content (AvgIpc) is 2.80. The molecule has 0 saturated heterocycles. The number of hydrogen-bond donors (Lipinski definition) is 2. The monoisotopic (exact) mass is 429 g/mol. The molecule has 31 heavy (non-hydrogen) atoms. The average molecular weight is 430 g/mol. The number of ether oxygens (including phenoxy) is 4. The van der Waals surface area contributed by atoms with E-state index in [2.05, 4.69) is 27.8 Å². The maximum Gasteiger partial charge on any atom is 0.191 e. The van der Waals surface area contributed by atoms with Gasteiger partial charge in [-0.2, -0.15) is 0 Å². The molecular formula is C24H35N3O4. The molecule has 0 aliphatic heterocycles. The van der Waals surface area contributed by atoms with Gasteiger partial charge in [0.05, 0.1) is 27.4 Å². The number of benzene rings is 2. The zero-order chi connectivity index (χ0) is 22.5. The standard InChI is InChI=1S/C24H35N3O4/c1-6-30-21-13-11-19(16-22(21)29-5)17-27-24(25-3)26-14-8-9-18-10-12-20(28-4)23(15-18)31-7-2/h10-13,15-16H,6-9,14,17H2,1-5H3,(H2,25,26,27). The van der Waals surface area contributed by atoms with E-state index in [-0.39, 0.29) is 0 Å². The van der Waals surface area contributed by atoms with Crippen LogP contribution in [0.5, 0.6) is 23.0 Å².